The van der Waals surface area contributed by atoms with E-state index in [2.05, 4.69) is 16.6 Å². The third kappa shape index (κ3) is 3.26. The van der Waals surface area contributed by atoms with E-state index < -0.39 is 11.5 Å². The average molecular weight is 285 g/mol. The van der Waals surface area contributed by atoms with Crippen LogP contribution >= 0.6 is 0 Å². The third-order valence-corrected chi connectivity index (χ3v) is 4.03. The first-order valence-electron chi connectivity index (χ1n) is 7.11. The molecule has 0 spiro atoms. The number of azide groups is 1. The van der Waals surface area contributed by atoms with Crippen molar-refractivity contribution in [2.75, 3.05) is 0 Å². The van der Waals surface area contributed by atoms with Gasteiger partial charge in [0.2, 0.25) is 0 Å². The zero-order chi connectivity index (χ0) is 15.1. The highest BCUT2D eigenvalue weighted by molar-refractivity contribution is 5.82. The van der Waals surface area contributed by atoms with E-state index in [1.54, 1.807) is 6.08 Å². The zero-order valence-electron chi connectivity index (χ0n) is 11.9. The molecule has 0 N–H and O–H groups in total. The molecule has 2 atom stereocenters. The molecule has 0 bridgehead atoms. The Hall–Kier alpha value is -2.26. The van der Waals surface area contributed by atoms with Gasteiger partial charge in [-0.15, -0.1) is 6.58 Å². The SMILES string of the molecule is C=CC[C@H]1CCC[C@@]1(N=[N+]=[N-])C(=O)OCc1ccccc1. The maximum atomic E-state index is 12.5. The molecule has 1 aliphatic carbocycles. The summed E-state index contributed by atoms with van der Waals surface area (Å²) >= 11 is 0. The molecule has 1 aromatic carbocycles. The van der Waals surface area contributed by atoms with E-state index in [4.69, 9.17) is 10.3 Å². The molecule has 0 radical (unpaired) electrons. The van der Waals surface area contributed by atoms with Crippen molar-refractivity contribution in [1.29, 1.82) is 0 Å². The van der Waals surface area contributed by atoms with Crippen LogP contribution in [0.2, 0.25) is 0 Å². The first-order chi connectivity index (χ1) is 10.2. The van der Waals surface area contributed by atoms with E-state index in [9.17, 15) is 4.79 Å². The van der Waals surface area contributed by atoms with Gasteiger partial charge in [0.05, 0.1) is 0 Å². The van der Waals surface area contributed by atoms with Gasteiger partial charge >= 0.3 is 5.97 Å². The molecule has 1 fully saturated rings. The summed E-state index contributed by atoms with van der Waals surface area (Å²) in [5, 5.41) is 3.83. The lowest BCUT2D eigenvalue weighted by Crippen LogP contribution is -2.41. The normalized spacial score (nSPS) is 24.1. The number of hydrogen-bond donors (Lipinski definition) is 0. The number of carbonyl (C=O) groups is 1. The van der Waals surface area contributed by atoms with Gasteiger partial charge in [0.15, 0.2) is 0 Å². The number of carbonyl (C=O) groups excluding carboxylic acids is 1. The number of hydrogen-bond acceptors (Lipinski definition) is 3. The van der Waals surface area contributed by atoms with E-state index in [1.165, 1.54) is 0 Å². The minimum Gasteiger partial charge on any atom is -0.460 e. The lowest BCUT2D eigenvalue weighted by Gasteiger charge is -2.27. The smallest absolute Gasteiger partial charge is 0.318 e. The number of rotatable bonds is 6. The number of ether oxygens (including phenoxy) is 1. The van der Waals surface area contributed by atoms with E-state index in [0.717, 1.165) is 18.4 Å². The average Bonchev–Trinajstić information content (AvgIpc) is 2.91. The number of allylic oxidation sites excluding steroid dienone is 1. The number of esters is 1. The molecule has 1 aliphatic rings. The van der Waals surface area contributed by atoms with Crippen LogP contribution in [0.5, 0.6) is 0 Å². The Morgan fingerprint density at radius 2 is 2.29 bits per heavy atom. The fourth-order valence-electron chi connectivity index (χ4n) is 2.94. The van der Waals surface area contributed by atoms with E-state index in [-0.39, 0.29) is 12.5 Å². The van der Waals surface area contributed by atoms with Crippen LogP contribution in [0.15, 0.2) is 48.1 Å². The van der Waals surface area contributed by atoms with Crippen molar-refractivity contribution >= 4 is 5.97 Å². The van der Waals surface area contributed by atoms with Gasteiger partial charge in [-0.2, -0.15) is 0 Å². The molecule has 5 heteroatoms. The molecule has 0 heterocycles. The fourth-order valence-corrected chi connectivity index (χ4v) is 2.94. The summed E-state index contributed by atoms with van der Waals surface area (Å²) in [5.74, 6) is -0.442. The number of nitrogens with zero attached hydrogens (tertiary/aromatic N) is 3. The quantitative estimate of drug-likeness (QED) is 0.259. The molecule has 2 rings (SSSR count). The Kier molecular flexibility index (Phi) is 5.01. The van der Waals surface area contributed by atoms with E-state index >= 15 is 0 Å². The molecule has 0 aromatic heterocycles. The van der Waals surface area contributed by atoms with Crippen LogP contribution in [-0.4, -0.2) is 11.5 Å². The Morgan fingerprint density at radius 1 is 1.52 bits per heavy atom. The van der Waals surface area contributed by atoms with Crippen molar-refractivity contribution in [3.05, 3.63) is 59.0 Å². The highest BCUT2D eigenvalue weighted by atomic mass is 16.5. The van der Waals surface area contributed by atoms with Crippen LogP contribution in [0.3, 0.4) is 0 Å². The predicted octanol–water partition coefficient (Wildman–Crippen LogP) is 4.16. The summed E-state index contributed by atoms with van der Waals surface area (Å²) in [4.78, 5) is 15.4. The van der Waals surface area contributed by atoms with E-state index in [0.29, 0.717) is 12.8 Å². The summed E-state index contributed by atoms with van der Waals surface area (Å²) < 4.78 is 5.41. The molecule has 1 aromatic rings. The van der Waals surface area contributed by atoms with Crippen LogP contribution in [0.1, 0.15) is 31.2 Å². The molecule has 0 unspecified atom stereocenters. The first-order valence-corrected chi connectivity index (χ1v) is 7.11. The maximum Gasteiger partial charge on any atom is 0.318 e. The van der Waals surface area contributed by atoms with Gasteiger partial charge in [0.25, 0.3) is 0 Å². The zero-order valence-corrected chi connectivity index (χ0v) is 11.9. The molecule has 0 saturated heterocycles. The van der Waals surface area contributed by atoms with E-state index in [1.807, 2.05) is 30.3 Å². The second-order valence-electron chi connectivity index (χ2n) is 5.29. The van der Waals surface area contributed by atoms with Crippen LogP contribution < -0.4 is 0 Å². The molecular formula is C16H19N3O2. The Labute approximate surface area is 124 Å². The van der Waals surface area contributed by atoms with Gasteiger partial charge in [0, 0.05) is 4.91 Å². The van der Waals surface area contributed by atoms with Crippen LogP contribution in [-0.2, 0) is 16.1 Å². The van der Waals surface area contributed by atoms with Gasteiger partial charge in [-0.1, -0.05) is 47.9 Å². The highest BCUT2D eigenvalue weighted by Gasteiger charge is 2.49. The lowest BCUT2D eigenvalue weighted by atomic mass is 9.85. The summed E-state index contributed by atoms with van der Waals surface area (Å²) in [6.07, 6.45) is 4.67. The van der Waals surface area contributed by atoms with Crippen LogP contribution in [0, 0.1) is 5.92 Å². The van der Waals surface area contributed by atoms with Gasteiger partial charge in [0.1, 0.15) is 12.1 Å². The predicted molar refractivity (Wildman–Crippen MR) is 80.3 cm³/mol. The van der Waals surface area contributed by atoms with Crippen molar-refractivity contribution in [3.8, 4) is 0 Å². The Bertz CT molecular complexity index is 552. The van der Waals surface area contributed by atoms with Gasteiger partial charge < -0.3 is 4.74 Å². The van der Waals surface area contributed by atoms with Crippen LogP contribution in [0.4, 0.5) is 0 Å². The van der Waals surface area contributed by atoms with Crippen molar-refractivity contribution in [1.82, 2.24) is 0 Å². The number of benzene rings is 1. The van der Waals surface area contributed by atoms with Gasteiger partial charge in [-0.25, -0.2) is 0 Å². The molecule has 1 saturated carbocycles. The molecule has 110 valence electrons. The third-order valence-electron chi connectivity index (χ3n) is 4.03. The first kappa shape index (κ1) is 15.1. The minimum absolute atomic E-state index is 0.0193. The molecule has 0 aliphatic heterocycles. The van der Waals surface area contributed by atoms with Gasteiger partial charge in [-0.05, 0) is 36.3 Å². The standard InChI is InChI=1S/C16H19N3O2/c1-2-7-14-10-6-11-16(14,18-19-17)15(20)21-12-13-8-4-3-5-9-13/h2-5,8-9,14H,1,6-7,10-12H2/t14-,16-/m0/s1. The van der Waals surface area contributed by atoms with Crippen molar-refractivity contribution in [3.63, 3.8) is 0 Å². The van der Waals surface area contributed by atoms with Crippen molar-refractivity contribution in [2.45, 2.75) is 37.8 Å². The lowest BCUT2D eigenvalue weighted by molar-refractivity contribution is -0.153. The summed E-state index contributed by atoms with van der Waals surface area (Å²) in [5.41, 5.74) is 8.68. The molecular weight excluding hydrogens is 266 g/mol. The maximum absolute atomic E-state index is 12.5. The summed E-state index contributed by atoms with van der Waals surface area (Å²) in [6.45, 7) is 3.91. The monoisotopic (exact) mass is 285 g/mol. The highest BCUT2D eigenvalue weighted by Crippen LogP contribution is 2.42. The second-order valence-corrected chi connectivity index (χ2v) is 5.29. The largest absolute Gasteiger partial charge is 0.460 e. The Balaban J connectivity index is 2.12. The topological polar surface area (TPSA) is 75.1 Å². The summed E-state index contributed by atoms with van der Waals surface area (Å²) in [6, 6.07) is 9.47. The van der Waals surface area contributed by atoms with Crippen molar-refractivity contribution in [2.24, 2.45) is 11.0 Å². The minimum atomic E-state index is -1.07. The molecule has 5 nitrogen and oxygen atoms in total. The molecule has 21 heavy (non-hydrogen) atoms. The fraction of sp³-hybridized carbons (Fsp3) is 0.438. The summed E-state index contributed by atoms with van der Waals surface area (Å²) in [7, 11) is 0. The van der Waals surface area contributed by atoms with Crippen molar-refractivity contribution < 1.29 is 9.53 Å². The Morgan fingerprint density at radius 3 is 2.95 bits per heavy atom. The van der Waals surface area contributed by atoms with Crippen LogP contribution in [0.25, 0.3) is 10.4 Å². The van der Waals surface area contributed by atoms with Gasteiger partial charge in [-0.3, -0.25) is 4.79 Å². The molecule has 0 amide bonds. The second kappa shape index (κ2) is 6.95.